The van der Waals surface area contributed by atoms with Gasteiger partial charge in [0, 0.05) is 38.1 Å². The number of hydrogen-bond acceptors (Lipinski definition) is 7. The fraction of sp³-hybridized carbons (Fsp3) is 0.394. The first kappa shape index (κ1) is 32.3. The van der Waals surface area contributed by atoms with E-state index in [1.54, 1.807) is 13.2 Å². The Morgan fingerprint density at radius 3 is 2.42 bits per heavy atom. The summed E-state index contributed by atoms with van der Waals surface area (Å²) in [6.45, 7) is 4.43. The van der Waals surface area contributed by atoms with Gasteiger partial charge in [0.05, 0.1) is 25.1 Å². The van der Waals surface area contributed by atoms with Gasteiger partial charge in [-0.15, -0.1) is 0 Å². The number of nitrogens with zero attached hydrogens (tertiary/aromatic N) is 1. The van der Waals surface area contributed by atoms with Crippen LogP contribution in [0.15, 0.2) is 72.8 Å². The number of aryl methyl sites for hydroxylation is 1. The van der Waals surface area contributed by atoms with Crippen molar-refractivity contribution in [2.24, 2.45) is 0 Å². The highest BCUT2D eigenvalue weighted by Crippen LogP contribution is 2.30. The van der Waals surface area contributed by atoms with Crippen LogP contribution < -0.4 is 5.32 Å². The Bertz CT molecular complexity index is 1510. The van der Waals surface area contributed by atoms with Crippen molar-refractivity contribution in [2.45, 2.75) is 51.1 Å². The number of aliphatic carboxylic acids is 1. The molecule has 0 spiro atoms. The molecule has 0 aliphatic carbocycles. The predicted molar refractivity (Wildman–Crippen MR) is 166 cm³/mol. The number of carbonyl (C=O) groups is 2. The van der Waals surface area contributed by atoms with Gasteiger partial charge < -0.3 is 19.9 Å². The van der Waals surface area contributed by atoms with E-state index in [2.05, 4.69) is 22.3 Å². The zero-order valence-corrected chi connectivity index (χ0v) is 25.7. The van der Waals surface area contributed by atoms with Crippen LogP contribution in [0.4, 0.5) is 0 Å². The summed E-state index contributed by atoms with van der Waals surface area (Å²) in [5.41, 5.74) is 4.95. The third-order valence-corrected chi connectivity index (χ3v) is 8.68. The molecule has 1 aliphatic rings. The van der Waals surface area contributed by atoms with Crippen LogP contribution in [0.2, 0.25) is 0 Å². The molecule has 2 N–H and O–H groups in total. The van der Waals surface area contributed by atoms with Gasteiger partial charge in [0.15, 0.2) is 0 Å². The summed E-state index contributed by atoms with van der Waals surface area (Å²) in [5, 5.41) is 12.2. The topological polar surface area (TPSA) is 122 Å². The van der Waals surface area contributed by atoms with E-state index in [4.69, 9.17) is 9.47 Å². The maximum absolute atomic E-state index is 13.4. The predicted octanol–water partition coefficient (Wildman–Crippen LogP) is 4.09. The van der Waals surface area contributed by atoms with Crippen LogP contribution in [0.1, 0.15) is 39.9 Å². The molecule has 0 bridgehead atoms. The SMILES string of the molecule is COC[C@H]1CC(OCc2ccccc2)CN1Cc1ccc(C(=O)N[C@@H](CCS(C)(=O)=O)C(=O)O)c(-c2ccccc2C)c1. The molecule has 4 rings (SSSR count). The number of nitrogens with one attached hydrogen (secondary N) is 1. The zero-order chi connectivity index (χ0) is 31.0. The molecule has 3 atom stereocenters. The second kappa shape index (κ2) is 14.7. The summed E-state index contributed by atoms with van der Waals surface area (Å²) < 4.78 is 35.0. The molecular formula is C33H40N2O7S. The van der Waals surface area contributed by atoms with E-state index in [9.17, 15) is 23.1 Å². The molecule has 9 nitrogen and oxygen atoms in total. The molecule has 1 unspecified atom stereocenters. The van der Waals surface area contributed by atoms with Crippen molar-refractivity contribution in [1.29, 1.82) is 0 Å². The first-order valence-corrected chi connectivity index (χ1v) is 16.4. The fourth-order valence-electron chi connectivity index (χ4n) is 5.45. The number of carboxylic acid groups (broad SMARTS) is 1. The van der Waals surface area contributed by atoms with Crippen LogP contribution in [-0.4, -0.2) is 80.8 Å². The molecule has 3 aromatic carbocycles. The summed E-state index contributed by atoms with van der Waals surface area (Å²) in [6, 6.07) is 22.2. The highest BCUT2D eigenvalue weighted by atomic mass is 32.2. The molecule has 0 radical (unpaired) electrons. The summed E-state index contributed by atoms with van der Waals surface area (Å²) >= 11 is 0. The molecular weight excluding hydrogens is 568 g/mol. The van der Waals surface area contributed by atoms with E-state index in [0.29, 0.717) is 30.9 Å². The smallest absolute Gasteiger partial charge is 0.326 e. The normalized spacial score (nSPS) is 17.9. The number of methoxy groups -OCH3 is 1. The number of sulfone groups is 1. The summed E-state index contributed by atoms with van der Waals surface area (Å²) in [6.07, 6.45) is 1.72. The van der Waals surface area contributed by atoms with Crippen molar-refractivity contribution in [2.75, 3.05) is 32.3 Å². The molecule has 230 valence electrons. The van der Waals surface area contributed by atoms with Crippen LogP contribution in [-0.2, 0) is 37.3 Å². The Balaban J connectivity index is 1.56. The molecule has 1 heterocycles. The second-order valence-corrected chi connectivity index (χ2v) is 13.4. The maximum Gasteiger partial charge on any atom is 0.326 e. The van der Waals surface area contributed by atoms with E-state index in [1.165, 1.54) is 0 Å². The van der Waals surface area contributed by atoms with Gasteiger partial charge >= 0.3 is 5.97 Å². The minimum absolute atomic E-state index is 0.0566. The van der Waals surface area contributed by atoms with Crippen molar-refractivity contribution in [1.82, 2.24) is 10.2 Å². The number of benzene rings is 3. The van der Waals surface area contributed by atoms with Gasteiger partial charge in [0.25, 0.3) is 5.91 Å². The highest BCUT2D eigenvalue weighted by molar-refractivity contribution is 7.90. The number of ether oxygens (including phenoxy) is 2. The summed E-state index contributed by atoms with van der Waals surface area (Å²) in [7, 11) is -1.70. The van der Waals surface area contributed by atoms with Crippen molar-refractivity contribution in [3.8, 4) is 11.1 Å². The number of carbonyl (C=O) groups excluding carboxylic acids is 1. The van der Waals surface area contributed by atoms with Crippen molar-refractivity contribution in [3.05, 3.63) is 95.1 Å². The summed E-state index contributed by atoms with van der Waals surface area (Å²) in [5.74, 6) is -2.20. The standard InChI is InChI=1S/C33H40N2O7S/c1-23-9-7-8-12-28(23)30-17-25(13-14-29(30)32(36)34-31(33(37)38)15-16-43(3,39)40)19-35-20-27(18-26(35)22-41-2)42-21-24-10-5-4-6-11-24/h4-14,17,26-27,31H,15-16,18-22H2,1-3H3,(H,34,36)(H,37,38)/t26-,27?,31+/m1/s1. The Kier molecular flexibility index (Phi) is 11.1. The molecule has 0 aromatic heterocycles. The van der Waals surface area contributed by atoms with E-state index in [0.717, 1.165) is 41.5 Å². The highest BCUT2D eigenvalue weighted by Gasteiger charge is 2.33. The Hall–Kier alpha value is -3.57. The first-order valence-electron chi connectivity index (χ1n) is 14.3. The minimum atomic E-state index is -3.40. The first-order chi connectivity index (χ1) is 20.5. The average molecular weight is 609 g/mol. The Morgan fingerprint density at radius 1 is 1.02 bits per heavy atom. The molecule has 1 saturated heterocycles. The van der Waals surface area contributed by atoms with E-state index >= 15 is 0 Å². The van der Waals surface area contributed by atoms with E-state index < -0.39 is 27.8 Å². The van der Waals surface area contributed by atoms with Crippen molar-refractivity contribution in [3.63, 3.8) is 0 Å². The second-order valence-electron chi connectivity index (χ2n) is 11.2. The van der Waals surface area contributed by atoms with Gasteiger partial charge in [-0.1, -0.05) is 60.7 Å². The van der Waals surface area contributed by atoms with Gasteiger partial charge in [-0.05, 0) is 59.7 Å². The van der Waals surface area contributed by atoms with Crippen LogP contribution in [0.5, 0.6) is 0 Å². The summed E-state index contributed by atoms with van der Waals surface area (Å²) in [4.78, 5) is 27.6. The molecule has 1 aliphatic heterocycles. The van der Waals surface area contributed by atoms with Crippen LogP contribution in [0.3, 0.4) is 0 Å². The van der Waals surface area contributed by atoms with E-state index in [-0.39, 0.29) is 24.3 Å². The Labute approximate surface area is 253 Å². The lowest BCUT2D eigenvalue weighted by molar-refractivity contribution is -0.139. The monoisotopic (exact) mass is 608 g/mol. The molecule has 0 saturated carbocycles. The number of amides is 1. The van der Waals surface area contributed by atoms with Crippen LogP contribution in [0.25, 0.3) is 11.1 Å². The quantitative estimate of drug-likeness (QED) is 0.281. The van der Waals surface area contributed by atoms with Gasteiger partial charge in [-0.25, -0.2) is 13.2 Å². The number of hydrogen-bond donors (Lipinski definition) is 2. The molecule has 10 heteroatoms. The third kappa shape index (κ3) is 9.21. The van der Waals surface area contributed by atoms with Crippen LogP contribution >= 0.6 is 0 Å². The van der Waals surface area contributed by atoms with Gasteiger partial charge in [0.2, 0.25) is 0 Å². The lowest BCUT2D eigenvalue weighted by Gasteiger charge is -2.24. The maximum atomic E-state index is 13.4. The number of rotatable bonds is 14. The Morgan fingerprint density at radius 2 is 1.74 bits per heavy atom. The lowest BCUT2D eigenvalue weighted by Crippen LogP contribution is -2.42. The van der Waals surface area contributed by atoms with Gasteiger partial charge in [0.1, 0.15) is 15.9 Å². The molecule has 43 heavy (non-hydrogen) atoms. The third-order valence-electron chi connectivity index (χ3n) is 7.71. The number of likely N-dealkylation sites (tertiary alicyclic amines) is 1. The largest absolute Gasteiger partial charge is 0.480 e. The van der Waals surface area contributed by atoms with Gasteiger partial charge in [-0.3, -0.25) is 9.69 Å². The lowest BCUT2D eigenvalue weighted by atomic mass is 9.93. The zero-order valence-electron chi connectivity index (χ0n) is 24.9. The molecule has 3 aromatic rings. The van der Waals surface area contributed by atoms with Crippen molar-refractivity contribution >= 4 is 21.7 Å². The van der Waals surface area contributed by atoms with E-state index in [1.807, 2.05) is 61.5 Å². The minimum Gasteiger partial charge on any atom is -0.480 e. The number of carboxylic acids is 1. The van der Waals surface area contributed by atoms with Crippen molar-refractivity contribution < 1.29 is 32.6 Å². The molecule has 1 fully saturated rings. The van der Waals surface area contributed by atoms with Crippen LogP contribution in [0, 0.1) is 6.92 Å². The fourth-order valence-corrected chi connectivity index (χ4v) is 6.12. The average Bonchev–Trinajstić information content (AvgIpc) is 3.35. The van der Waals surface area contributed by atoms with Gasteiger partial charge in [-0.2, -0.15) is 0 Å². The molecule has 1 amide bonds.